The van der Waals surface area contributed by atoms with E-state index in [0.717, 1.165) is 54.3 Å². The first-order chi connectivity index (χ1) is 15.0. The normalized spacial score (nSPS) is 11.3. The van der Waals surface area contributed by atoms with E-state index in [-0.39, 0.29) is 24.0 Å². The zero-order valence-corrected chi connectivity index (χ0v) is 23.1. The van der Waals surface area contributed by atoms with E-state index in [9.17, 15) is 0 Å². The van der Waals surface area contributed by atoms with Crippen molar-refractivity contribution < 1.29 is 9.47 Å². The van der Waals surface area contributed by atoms with Gasteiger partial charge in [0, 0.05) is 37.8 Å². The van der Waals surface area contributed by atoms with Crippen molar-refractivity contribution in [2.45, 2.75) is 52.2 Å². The molecule has 180 valence electrons. The minimum atomic E-state index is 0. The molecule has 0 bridgehead atoms. The topological polar surface area (TPSA) is 85.6 Å². The lowest BCUT2D eigenvalue weighted by molar-refractivity contribution is 0.311. The summed E-state index contributed by atoms with van der Waals surface area (Å²) in [5.41, 5.74) is 0.890. The van der Waals surface area contributed by atoms with Gasteiger partial charge in [0.05, 0.1) is 13.7 Å². The first-order valence-corrected chi connectivity index (χ1v) is 12.1. The van der Waals surface area contributed by atoms with Gasteiger partial charge in [-0.1, -0.05) is 25.6 Å². The second kappa shape index (κ2) is 15.2. The maximum Gasteiger partial charge on any atom is 0.195 e. The monoisotopic (exact) mass is 576 g/mol. The number of thioether (sulfide) groups is 1. The van der Waals surface area contributed by atoms with Gasteiger partial charge in [-0.25, -0.2) is 0 Å². The van der Waals surface area contributed by atoms with Gasteiger partial charge in [0.15, 0.2) is 22.6 Å². The average molecular weight is 577 g/mol. The molecule has 2 N–H and O–H groups in total. The summed E-state index contributed by atoms with van der Waals surface area (Å²) in [7, 11) is 1.64. The second-order valence-electron chi connectivity index (χ2n) is 7.40. The van der Waals surface area contributed by atoms with Crippen LogP contribution in [-0.2, 0) is 13.0 Å². The molecular weight excluding hydrogens is 539 g/mol. The smallest absolute Gasteiger partial charge is 0.195 e. The molecule has 1 heterocycles. The number of benzene rings is 1. The molecule has 0 fully saturated rings. The molecule has 32 heavy (non-hydrogen) atoms. The van der Waals surface area contributed by atoms with Crippen LogP contribution >= 0.6 is 35.7 Å². The van der Waals surface area contributed by atoms with Crippen molar-refractivity contribution in [3.05, 3.63) is 24.0 Å². The molecule has 0 atom stereocenters. The molecule has 10 heteroatoms. The number of nitrogens with one attached hydrogen (secondary N) is 2. The summed E-state index contributed by atoms with van der Waals surface area (Å²) < 4.78 is 13.3. The van der Waals surface area contributed by atoms with Gasteiger partial charge in [-0.2, -0.15) is 0 Å². The molecule has 0 aliphatic heterocycles. The molecular formula is C22H37IN6O2S. The molecule has 0 spiro atoms. The summed E-state index contributed by atoms with van der Waals surface area (Å²) in [6.07, 6.45) is 3.78. The van der Waals surface area contributed by atoms with Crippen LogP contribution in [0.15, 0.2) is 28.3 Å². The van der Waals surface area contributed by atoms with Gasteiger partial charge in [0.2, 0.25) is 0 Å². The molecule has 1 aromatic carbocycles. The van der Waals surface area contributed by atoms with Crippen molar-refractivity contribution in [1.82, 2.24) is 20.1 Å². The Morgan fingerprint density at radius 2 is 2.00 bits per heavy atom. The lowest BCUT2D eigenvalue weighted by atomic mass is 10.2. The van der Waals surface area contributed by atoms with Crippen LogP contribution < -0.4 is 20.1 Å². The number of guanidine groups is 1. The van der Waals surface area contributed by atoms with Crippen molar-refractivity contribution in [1.29, 1.82) is 0 Å². The van der Waals surface area contributed by atoms with Crippen molar-refractivity contribution >= 4 is 47.4 Å². The van der Waals surface area contributed by atoms with E-state index in [1.807, 2.05) is 38.3 Å². The Morgan fingerprint density at radius 1 is 1.22 bits per heavy atom. The largest absolute Gasteiger partial charge is 0.493 e. The van der Waals surface area contributed by atoms with E-state index in [0.29, 0.717) is 24.8 Å². The molecule has 2 aromatic rings. The predicted octanol–water partition coefficient (Wildman–Crippen LogP) is 4.69. The number of ether oxygens (including phenoxy) is 2. The molecule has 0 aliphatic carbocycles. The zero-order chi connectivity index (χ0) is 22.6. The maximum absolute atomic E-state index is 5.59. The Hall–Kier alpha value is -1.69. The highest BCUT2D eigenvalue weighted by atomic mass is 127. The quantitative estimate of drug-likeness (QED) is 0.125. The fourth-order valence-electron chi connectivity index (χ4n) is 3.10. The van der Waals surface area contributed by atoms with Crippen molar-refractivity contribution in [2.24, 2.45) is 10.9 Å². The number of nitrogens with zero attached hydrogens (tertiary/aromatic N) is 4. The first-order valence-electron chi connectivity index (χ1n) is 10.8. The van der Waals surface area contributed by atoms with Gasteiger partial charge < -0.3 is 24.7 Å². The summed E-state index contributed by atoms with van der Waals surface area (Å²) in [5.74, 6) is 3.74. The molecule has 0 unspecified atom stereocenters. The minimum absolute atomic E-state index is 0. The molecule has 8 nitrogen and oxygen atoms in total. The molecule has 0 saturated carbocycles. The molecule has 2 rings (SSSR count). The second-order valence-corrected chi connectivity index (χ2v) is 8.17. The first kappa shape index (κ1) is 28.3. The third-order valence-corrected chi connectivity index (χ3v) is 5.09. The maximum atomic E-state index is 5.59. The van der Waals surface area contributed by atoms with E-state index in [4.69, 9.17) is 14.5 Å². The number of halogens is 1. The number of hydrogen-bond donors (Lipinski definition) is 2. The van der Waals surface area contributed by atoms with Crippen LogP contribution in [0.25, 0.3) is 0 Å². The fourth-order valence-corrected chi connectivity index (χ4v) is 3.62. The van der Waals surface area contributed by atoms with Crippen LogP contribution in [0.2, 0.25) is 0 Å². The van der Waals surface area contributed by atoms with Gasteiger partial charge in [-0.3, -0.25) is 4.99 Å². The number of aryl methyl sites for hydroxylation is 1. The van der Waals surface area contributed by atoms with Gasteiger partial charge >= 0.3 is 0 Å². The molecule has 0 amide bonds. The van der Waals surface area contributed by atoms with Crippen LogP contribution in [0.4, 0.5) is 5.69 Å². The van der Waals surface area contributed by atoms with Crippen LogP contribution in [0.5, 0.6) is 11.5 Å². The Labute approximate surface area is 213 Å². The Bertz CT molecular complexity index is 844. The number of anilines is 1. The van der Waals surface area contributed by atoms with E-state index < -0.39 is 0 Å². The number of hydrogen-bond acceptors (Lipinski definition) is 6. The highest BCUT2D eigenvalue weighted by Crippen LogP contribution is 2.30. The average Bonchev–Trinajstić information content (AvgIpc) is 3.13. The van der Waals surface area contributed by atoms with Crippen LogP contribution in [-0.4, -0.2) is 53.8 Å². The Kier molecular flexibility index (Phi) is 13.5. The molecule has 0 aliphatic rings. The van der Waals surface area contributed by atoms with E-state index in [2.05, 4.69) is 39.2 Å². The standard InChI is InChI=1S/C22H36N6O2S.HI/c1-7-23-21(25-17-11-12-18(30-8-2)19(14-17)29-5)24-13-9-10-20-26-27-22(31-6)28(20)15-16(3)4;/h11-12,14,16H,7-10,13,15H2,1-6H3,(H2,23,24,25);1H. The Morgan fingerprint density at radius 3 is 2.62 bits per heavy atom. The highest BCUT2D eigenvalue weighted by Gasteiger charge is 2.12. The highest BCUT2D eigenvalue weighted by molar-refractivity contribution is 14.0. The number of methoxy groups -OCH3 is 1. The number of rotatable bonds is 12. The fraction of sp³-hybridized carbons (Fsp3) is 0.591. The predicted molar refractivity (Wildman–Crippen MR) is 144 cm³/mol. The van der Waals surface area contributed by atoms with Crippen molar-refractivity contribution in [3.63, 3.8) is 0 Å². The lowest BCUT2D eigenvalue weighted by Gasteiger charge is -2.14. The third-order valence-electron chi connectivity index (χ3n) is 4.42. The van der Waals surface area contributed by atoms with Crippen LogP contribution in [0, 0.1) is 5.92 Å². The number of aliphatic imine (C=N–C) groups is 1. The zero-order valence-electron chi connectivity index (χ0n) is 20.0. The summed E-state index contributed by atoms with van der Waals surface area (Å²) in [4.78, 5) is 4.72. The minimum Gasteiger partial charge on any atom is -0.493 e. The SMILES string of the molecule is CCNC(=NCCCc1nnc(SC)n1CC(C)C)Nc1ccc(OCC)c(OC)c1.I. The summed E-state index contributed by atoms with van der Waals surface area (Å²) in [5, 5.41) is 16.3. The van der Waals surface area contributed by atoms with Gasteiger partial charge in [0.1, 0.15) is 5.82 Å². The van der Waals surface area contributed by atoms with Gasteiger partial charge in [-0.05, 0) is 44.6 Å². The molecule has 0 saturated heterocycles. The van der Waals surface area contributed by atoms with E-state index in [1.165, 1.54) is 0 Å². The van der Waals surface area contributed by atoms with Gasteiger partial charge in [-0.15, -0.1) is 34.2 Å². The van der Waals surface area contributed by atoms with Crippen LogP contribution in [0.3, 0.4) is 0 Å². The van der Waals surface area contributed by atoms with Crippen molar-refractivity contribution in [2.75, 3.05) is 38.4 Å². The Balaban J connectivity index is 0.00000512. The molecule has 1 aromatic heterocycles. The third kappa shape index (κ3) is 8.68. The van der Waals surface area contributed by atoms with E-state index in [1.54, 1.807) is 18.9 Å². The summed E-state index contributed by atoms with van der Waals surface area (Å²) in [6.45, 7) is 11.4. The van der Waals surface area contributed by atoms with Gasteiger partial charge in [0.25, 0.3) is 0 Å². The summed E-state index contributed by atoms with van der Waals surface area (Å²) in [6, 6.07) is 5.77. The van der Waals surface area contributed by atoms with E-state index >= 15 is 0 Å². The lowest BCUT2D eigenvalue weighted by Crippen LogP contribution is -2.30. The molecule has 0 radical (unpaired) electrons. The summed E-state index contributed by atoms with van der Waals surface area (Å²) >= 11 is 1.64. The number of aromatic nitrogens is 3. The van der Waals surface area contributed by atoms with Crippen molar-refractivity contribution in [3.8, 4) is 11.5 Å². The van der Waals surface area contributed by atoms with Crippen LogP contribution in [0.1, 0.15) is 39.9 Å².